The van der Waals surface area contributed by atoms with Gasteiger partial charge < -0.3 is 0 Å². The van der Waals surface area contributed by atoms with Gasteiger partial charge in [-0.1, -0.05) is 154 Å². The lowest BCUT2D eigenvalue weighted by molar-refractivity contribution is 0.641. The molecule has 0 aliphatic carbocycles. The highest BCUT2D eigenvalue weighted by atomic mass is 15.1. The number of fused-ring (bicyclic) bond motifs is 1. The smallest absolute Gasteiger partial charge is 0.145 e. The quantitative estimate of drug-likeness (QED) is 0.143. The van der Waals surface area contributed by atoms with E-state index >= 15 is 0 Å². The highest BCUT2D eigenvalue weighted by Gasteiger charge is 2.27. The Labute approximate surface area is 316 Å². The van der Waals surface area contributed by atoms with Crippen molar-refractivity contribution in [3.8, 4) is 34.2 Å². The van der Waals surface area contributed by atoms with Gasteiger partial charge in [0.05, 0.1) is 22.4 Å². The normalized spacial score (nSPS) is 12.3. The molecule has 0 aliphatic heterocycles. The van der Waals surface area contributed by atoms with Crippen LogP contribution < -0.4 is 0 Å². The number of aromatic nitrogens is 4. The van der Waals surface area contributed by atoms with E-state index in [-0.39, 0.29) is 5.41 Å². The van der Waals surface area contributed by atoms with Crippen LogP contribution in [0, 0.1) is 0 Å². The van der Waals surface area contributed by atoms with Gasteiger partial charge in [0.2, 0.25) is 0 Å². The van der Waals surface area contributed by atoms with Crippen LogP contribution in [-0.4, -0.2) is 19.1 Å². The number of nitrogens with zero attached hydrogens (tertiary/aromatic N) is 4. The van der Waals surface area contributed by atoms with Crippen LogP contribution in [0.2, 0.25) is 0 Å². The number of hydrogen-bond donors (Lipinski definition) is 0. The summed E-state index contributed by atoms with van der Waals surface area (Å²) in [6.45, 7) is 22.9. The minimum atomic E-state index is -0.293. The maximum absolute atomic E-state index is 5.33. The van der Waals surface area contributed by atoms with Crippen LogP contribution in [-0.2, 0) is 5.41 Å². The molecule has 4 heteroatoms. The Bertz CT molecular complexity index is 2350. The number of imidazole rings is 2. The average molecular weight is 699 g/mol. The molecule has 0 saturated carbocycles. The molecule has 5 aromatic carbocycles. The monoisotopic (exact) mass is 698 g/mol. The Morgan fingerprint density at radius 2 is 0.981 bits per heavy atom. The van der Waals surface area contributed by atoms with Crippen LogP contribution in [0.5, 0.6) is 0 Å². The molecule has 2 heterocycles. The zero-order valence-electron chi connectivity index (χ0n) is 33.1. The zero-order valence-corrected chi connectivity index (χ0v) is 33.1. The van der Waals surface area contributed by atoms with Crippen molar-refractivity contribution in [1.82, 2.24) is 19.1 Å². The van der Waals surface area contributed by atoms with E-state index in [1.807, 2.05) is 6.20 Å². The van der Waals surface area contributed by atoms with Crippen molar-refractivity contribution in [3.63, 3.8) is 0 Å². The Balaban J connectivity index is 1.35. The maximum atomic E-state index is 5.33. The molecule has 0 atom stereocenters. The fraction of sp³-hybridized carbons (Fsp3) is 0.306. The van der Waals surface area contributed by atoms with Crippen molar-refractivity contribution >= 4 is 11.0 Å². The summed E-state index contributed by atoms with van der Waals surface area (Å²) in [5.74, 6) is 3.44. The van der Waals surface area contributed by atoms with Crippen molar-refractivity contribution in [2.45, 2.75) is 98.3 Å². The van der Waals surface area contributed by atoms with Gasteiger partial charge in [-0.25, -0.2) is 9.97 Å². The molecule has 270 valence electrons. The van der Waals surface area contributed by atoms with Gasteiger partial charge in [0.25, 0.3) is 0 Å². The summed E-state index contributed by atoms with van der Waals surface area (Å²) in [4.78, 5) is 10.3. The second kappa shape index (κ2) is 14.3. The topological polar surface area (TPSA) is 35.6 Å². The third-order valence-electron chi connectivity index (χ3n) is 11.0. The summed E-state index contributed by atoms with van der Waals surface area (Å²) in [5.41, 5.74) is 14.4. The Hall–Kier alpha value is -5.22. The van der Waals surface area contributed by atoms with Crippen LogP contribution >= 0.6 is 0 Å². The zero-order chi connectivity index (χ0) is 37.6. The molecular formula is C49H54N4. The van der Waals surface area contributed by atoms with E-state index in [1.165, 1.54) is 44.8 Å². The predicted molar refractivity (Wildman–Crippen MR) is 224 cm³/mol. The molecule has 0 N–H and O–H groups in total. The molecule has 2 aromatic heterocycles. The summed E-state index contributed by atoms with van der Waals surface area (Å²) in [6, 6.07) is 40.1. The standard InChI is InChI=1S/C49H54N4/c1-31(2)39-21-15-22-40(32(3)4)45(39)52-28-27-50-47(52)35-17-13-19-37(29-35)49(9,10)38-20-14-18-36(30-38)48-51-43-25-11-12-26-44(43)53(48)46-41(33(5)6)23-16-24-42(46)34(7)8/h11-34H,1-10H3. The summed E-state index contributed by atoms with van der Waals surface area (Å²) in [5, 5.41) is 0. The predicted octanol–water partition coefficient (Wildman–Crippen LogP) is 13.4. The lowest BCUT2D eigenvalue weighted by Crippen LogP contribution is -2.19. The van der Waals surface area contributed by atoms with Gasteiger partial charge in [0.15, 0.2) is 0 Å². The van der Waals surface area contributed by atoms with Crippen LogP contribution in [0.15, 0.2) is 122 Å². The molecule has 53 heavy (non-hydrogen) atoms. The van der Waals surface area contributed by atoms with Crippen molar-refractivity contribution in [2.24, 2.45) is 0 Å². The highest BCUT2D eigenvalue weighted by molar-refractivity contribution is 5.84. The Morgan fingerprint density at radius 3 is 1.51 bits per heavy atom. The van der Waals surface area contributed by atoms with Crippen molar-refractivity contribution in [2.75, 3.05) is 0 Å². The third-order valence-corrected chi connectivity index (χ3v) is 11.0. The Kier molecular flexibility index (Phi) is 9.76. The van der Waals surface area contributed by atoms with E-state index in [0.717, 1.165) is 33.8 Å². The van der Waals surface area contributed by atoms with Crippen molar-refractivity contribution in [3.05, 3.63) is 155 Å². The van der Waals surface area contributed by atoms with Crippen LogP contribution in [0.4, 0.5) is 0 Å². The lowest BCUT2D eigenvalue weighted by Gasteiger charge is -2.28. The molecule has 4 nitrogen and oxygen atoms in total. The summed E-state index contributed by atoms with van der Waals surface area (Å²) in [7, 11) is 0. The molecule has 0 spiro atoms. The molecule has 0 radical (unpaired) electrons. The van der Waals surface area contributed by atoms with Gasteiger partial charge >= 0.3 is 0 Å². The maximum Gasteiger partial charge on any atom is 0.145 e. The van der Waals surface area contributed by atoms with Crippen LogP contribution in [0.25, 0.3) is 45.2 Å². The molecule has 0 unspecified atom stereocenters. The fourth-order valence-corrected chi connectivity index (χ4v) is 7.96. The highest BCUT2D eigenvalue weighted by Crippen LogP contribution is 2.40. The van der Waals surface area contributed by atoms with Crippen molar-refractivity contribution in [1.29, 1.82) is 0 Å². The number of rotatable bonds is 10. The molecule has 7 aromatic rings. The minimum absolute atomic E-state index is 0.293. The van der Waals surface area contributed by atoms with E-state index in [4.69, 9.17) is 9.97 Å². The van der Waals surface area contributed by atoms with Gasteiger partial charge in [-0.2, -0.15) is 0 Å². The van der Waals surface area contributed by atoms with E-state index in [2.05, 4.69) is 194 Å². The first-order valence-electron chi connectivity index (χ1n) is 19.4. The van der Waals surface area contributed by atoms with Gasteiger partial charge in [0, 0.05) is 28.9 Å². The van der Waals surface area contributed by atoms with Crippen LogP contribution in [0.1, 0.15) is 126 Å². The average Bonchev–Trinajstić information content (AvgIpc) is 3.80. The lowest BCUT2D eigenvalue weighted by atomic mass is 9.77. The first-order chi connectivity index (χ1) is 25.4. The molecule has 0 saturated heterocycles. The molecule has 0 fully saturated rings. The number of para-hydroxylation sites is 4. The Morgan fingerprint density at radius 1 is 0.509 bits per heavy atom. The summed E-state index contributed by atoms with van der Waals surface area (Å²) < 4.78 is 4.73. The van der Waals surface area contributed by atoms with Crippen molar-refractivity contribution < 1.29 is 0 Å². The van der Waals surface area contributed by atoms with E-state index < -0.39 is 0 Å². The van der Waals surface area contributed by atoms with Crippen LogP contribution in [0.3, 0.4) is 0 Å². The molecule has 0 aliphatic rings. The second-order valence-electron chi connectivity index (χ2n) is 16.4. The summed E-state index contributed by atoms with van der Waals surface area (Å²) >= 11 is 0. The SMILES string of the molecule is CC(C)c1cccc(C(C)C)c1-n1ccnc1-c1cccc(C(C)(C)c2cccc(-c3nc4ccccc4n3-c3c(C(C)C)cccc3C(C)C)c2)c1. The number of hydrogen-bond acceptors (Lipinski definition) is 2. The minimum Gasteiger partial charge on any atom is -0.299 e. The molecule has 0 bridgehead atoms. The van der Waals surface area contributed by atoms with E-state index in [0.29, 0.717) is 23.7 Å². The number of benzene rings is 5. The second-order valence-corrected chi connectivity index (χ2v) is 16.4. The molecular weight excluding hydrogens is 645 g/mol. The van der Waals surface area contributed by atoms with Gasteiger partial charge in [-0.3, -0.25) is 9.13 Å². The van der Waals surface area contributed by atoms with E-state index in [9.17, 15) is 0 Å². The molecule has 7 rings (SSSR count). The third kappa shape index (κ3) is 6.54. The first kappa shape index (κ1) is 36.2. The first-order valence-corrected chi connectivity index (χ1v) is 19.4. The van der Waals surface area contributed by atoms with E-state index in [1.54, 1.807) is 0 Å². The van der Waals surface area contributed by atoms with Gasteiger partial charge in [-0.15, -0.1) is 0 Å². The van der Waals surface area contributed by atoms with Gasteiger partial charge in [0.1, 0.15) is 11.6 Å². The largest absolute Gasteiger partial charge is 0.299 e. The summed E-state index contributed by atoms with van der Waals surface area (Å²) in [6.07, 6.45) is 4.06. The fourth-order valence-electron chi connectivity index (χ4n) is 7.96. The van der Waals surface area contributed by atoms with Gasteiger partial charge in [-0.05, 0) is 81.3 Å². The molecule has 0 amide bonds.